The molecule has 12 heavy (non-hydrogen) atoms. The molecule has 0 amide bonds. The Labute approximate surface area is 75.4 Å². The molecular formula is C7H7N3OS. The van der Waals surface area contributed by atoms with Gasteiger partial charge in [-0.25, -0.2) is 4.84 Å². The molecule has 1 aliphatic heterocycles. The van der Waals surface area contributed by atoms with Crippen LogP contribution in [0, 0.1) is 0 Å². The standard InChI is InChI=1S/C7H7N3OS/c12-10-9-5-7(11-10)6-1-3-8-4-2-6/h1-5,7,12H. The lowest BCUT2D eigenvalue weighted by Gasteiger charge is -2.08. The van der Waals surface area contributed by atoms with E-state index in [1.807, 2.05) is 12.1 Å². The molecule has 1 unspecified atom stereocenters. The molecule has 62 valence electrons. The third-order valence-corrected chi connectivity index (χ3v) is 1.74. The van der Waals surface area contributed by atoms with E-state index in [0.717, 1.165) is 10.1 Å². The van der Waals surface area contributed by atoms with Crippen LogP contribution in [0.2, 0.25) is 0 Å². The van der Waals surface area contributed by atoms with Gasteiger partial charge in [0.1, 0.15) is 0 Å². The number of hydrazone groups is 1. The van der Waals surface area contributed by atoms with Crippen LogP contribution >= 0.6 is 12.8 Å². The van der Waals surface area contributed by atoms with Gasteiger partial charge in [0.15, 0.2) is 6.10 Å². The largest absolute Gasteiger partial charge is 0.265 e. The van der Waals surface area contributed by atoms with Gasteiger partial charge in [-0.1, -0.05) is 0 Å². The highest BCUT2D eigenvalue weighted by Gasteiger charge is 2.17. The second-order valence-corrected chi connectivity index (χ2v) is 2.67. The minimum absolute atomic E-state index is 0.134. The summed E-state index contributed by atoms with van der Waals surface area (Å²) in [5, 5.41) is 3.82. The summed E-state index contributed by atoms with van der Waals surface area (Å²) in [6, 6.07) is 3.76. The van der Waals surface area contributed by atoms with Crippen molar-refractivity contribution in [2.24, 2.45) is 5.10 Å². The number of hydrogen-bond acceptors (Lipinski definition) is 5. The zero-order valence-corrected chi connectivity index (χ0v) is 7.06. The summed E-state index contributed by atoms with van der Waals surface area (Å²) in [4.78, 5) is 9.10. The molecule has 2 heterocycles. The van der Waals surface area contributed by atoms with Crippen LogP contribution < -0.4 is 0 Å². The number of thiol groups is 1. The molecule has 0 bridgehead atoms. The summed E-state index contributed by atoms with van der Waals surface area (Å²) in [5.74, 6) is 0. The molecule has 0 fully saturated rings. The summed E-state index contributed by atoms with van der Waals surface area (Å²) in [5.41, 5.74) is 1.02. The van der Waals surface area contributed by atoms with E-state index in [9.17, 15) is 0 Å². The van der Waals surface area contributed by atoms with E-state index < -0.39 is 0 Å². The molecule has 0 aliphatic carbocycles. The van der Waals surface area contributed by atoms with E-state index in [0.29, 0.717) is 0 Å². The van der Waals surface area contributed by atoms with Gasteiger partial charge in [-0.15, -0.1) is 9.68 Å². The second kappa shape index (κ2) is 3.12. The van der Waals surface area contributed by atoms with Crippen LogP contribution in [0.3, 0.4) is 0 Å². The molecule has 0 saturated heterocycles. The van der Waals surface area contributed by atoms with E-state index in [2.05, 4.69) is 22.9 Å². The first-order valence-electron chi connectivity index (χ1n) is 3.46. The quantitative estimate of drug-likeness (QED) is 0.661. The van der Waals surface area contributed by atoms with Gasteiger partial charge < -0.3 is 0 Å². The Balaban J connectivity index is 2.18. The van der Waals surface area contributed by atoms with Crippen LogP contribution in [0.25, 0.3) is 0 Å². The minimum atomic E-state index is -0.134. The minimum Gasteiger partial charge on any atom is -0.265 e. The Kier molecular flexibility index (Phi) is 1.97. The van der Waals surface area contributed by atoms with Crippen LogP contribution in [0.5, 0.6) is 0 Å². The first-order valence-corrected chi connectivity index (χ1v) is 3.86. The van der Waals surface area contributed by atoms with Gasteiger partial charge >= 0.3 is 0 Å². The Hall–Kier alpha value is -1.07. The average molecular weight is 181 g/mol. The normalized spacial score (nSPS) is 21.8. The molecule has 0 spiro atoms. The second-order valence-electron chi connectivity index (χ2n) is 2.32. The maximum absolute atomic E-state index is 5.19. The van der Waals surface area contributed by atoms with E-state index in [1.165, 1.54) is 0 Å². The number of nitrogens with zero attached hydrogens (tertiary/aromatic N) is 3. The van der Waals surface area contributed by atoms with Crippen molar-refractivity contribution in [3.05, 3.63) is 30.1 Å². The van der Waals surface area contributed by atoms with Crippen LogP contribution in [-0.4, -0.2) is 15.8 Å². The van der Waals surface area contributed by atoms with Crippen molar-refractivity contribution in [1.29, 1.82) is 0 Å². The lowest BCUT2D eigenvalue weighted by atomic mass is 10.2. The molecule has 5 heteroatoms. The van der Waals surface area contributed by atoms with Gasteiger partial charge in [-0.2, -0.15) is 0 Å². The fourth-order valence-corrected chi connectivity index (χ4v) is 1.13. The zero-order chi connectivity index (χ0) is 8.39. The fraction of sp³-hybridized carbons (Fsp3) is 0.143. The maximum Gasteiger partial charge on any atom is 0.151 e. The Morgan fingerprint density at radius 2 is 2.17 bits per heavy atom. The Bertz CT molecular complexity index is 290. The number of pyridine rings is 1. The highest BCUT2D eigenvalue weighted by molar-refractivity contribution is 7.77. The molecule has 0 N–H and O–H groups in total. The molecule has 0 radical (unpaired) electrons. The SMILES string of the molecule is SN1N=CC(c2ccncc2)O1. The van der Waals surface area contributed by atoms with Crippen LogP contribution in [0.15, 0.2) is 29.6 Å². The van der Waals surface area contributed by atoms with Gasteiger partial charge in [0.2, 0.25) is 0 Å². The summed E-state index contributed by atoms with van der Waals surface area (Å²) in [6.07, 6.45) is 4.98. The van der Waals surface area contributed by atoms with Crippen molar-refractivity contribution in [3.63, 3.8) is 0 Å². The van der Waals surface area contributed by atoms with E-state index in [4.69, 9.17) is 4.84 Å². The Morgan fingerprint density at radius 1 is 1.42 bits per heavy atom. The Morgan fingerprint density at radius 3 is 2.75 bits per heavy atom. The number of rotatable bonds is 1. The third-order valence-electron chi connectivity index (χ3n) is 1.54. The van der Waals surface area contributed by atoms with Crippen molar-refractivity contribution < 1.29 is 4.84 Å². The van der Waals surface area contributed by atoms with Crippen LogP contribution in [0.1, 0.15) is 11.7 Å². The summed E-state index contributed by atoms with van der Waals surface area (Å²) >= 11 is 3.90. The molecular weight excluding hydrogens is 174 g/mol. The predicted octanol–water partition coefficient (Wildman–Crippen LogP) is 1.20. The molecule has 2 rings (SSSR count). The smallest absolute Gasteiger partial charge is 0.151 e. The molecule has 1 aliphatic rings. The first-order chi connectivity index (χ1) is 5.86. The molecule has 1 aromatic rings. The first kappa shape index (κ1) is 7.57. The molecule has 4 nitrogen and oxygen atoms in total. The highest BCUT2D eigenvalue weighted by atomic mass is 32.1. The maximum atomic E-state index is 5.19. The lowest BCUT2D eigenvalue weighted by molar-refractivity contribution is -0.0748. The van der Waals surface area contributed by atoms with Gasteiger partial charge in [0.25, 0.3) is 0 Å². The summed E-state index contributed by atoms with van der Waals surface area (Å²) in [6.45, 7) is 0. The highest BCUT2D eigenvalue weighted by Crippen LogP contribution is 2.21. The van der Waals surface area contributed by atoms with Gasteiger partial charge in [-0.05, 0) is 30.5 Å². The topological polar surface area (TPSA) is 37.7 Å². The van der Waals surface area contributed by atoms with Crippen molar-refractivity contribution >= 4 is 19.0 Å². The average Bonchev–Trinajstić information content (AvgIpc) is 2.54. The van der Waals surface area contributed by atoms with E-state index >= 15 is 0 Å². The molecule has 0 aromatic carbocycles. The third kappa shape index (κ3) is 1.41. The van der Waals surface area contributed by atoms with Crippen molar-refractivity contribution in [2.75, 3.05) is 0 Å². The monoisotopic (exact) mass is 181 g/mol. The number of hydrogen-bond donors (Lipinski definition) is 1. The lowest BCUT2D eigenvalue weighted by Crippen LogP contribution is -2.04. The van der Waals surface area contributed by atoms with E-state index in [-0.39, 0.29) is 6.10 Å². The van der Waals surface area contributed by atoms with Crippen LogP contribution in [-0.2, 0) is 4.84 Å². The zero-order valence-electron chi connectivity index (χ0n) is 6.16. The van der Waals surface area contributed by atoms with Gasteiger partial charge in [0, 0.05) is 12.4 Å². The van der Waals surface area contributed by atoms with E-state index in [1.54, 1.807) is 18.6 Å². The van der Waals surface area contributed by atoms with Crippen LogP contribution in [0.4, 0.5) is 0 Å². The van der Waals surface area contributed by atoms with Crippen molar-refractivity contribution in [1.82, 2.24) is 9.56 Å². The summed E-state index contributed by atoms with van der Waals surface area (Å²) in [7, 11) is 0. The predicted molar refractivity (Wildman–Crippen MR) is 47.4 cm³/mol. The summed E-state index contributed by atoms with van der Waals surface area (Å²) < 4.78 is 1.14. The molecule has 0 saturated carbocycles. The fourth-order valence-electron chi connectivity index (χ4n) is 0.974. The van der Waals surface area contributed by atoms with Crippen molar-refractivity contribution in [2.45, 2.75) is 6.10 Å². The van der Waals surface area contributed by atoms with Crippen molar-refractivity contribution in [3.8, 4) is 0 Å². The molecule has 1 atom stereocenters. The number of aromatic nitrogens is 1. The van der Waals surface area contributed by atoms with Gasteiger partial charge in [-0.3, -0.25) is 4.98 Å². The molecule has 1 aromatic heterocycles. The van der Waals surface area contributed by atoms with Gasteiger partial charge in [0.05, 0.1) is 6.21 Å².